The van der Waals surface area contributed by atoms with Crippen molar-refractivity contribution in [1.82, 2.24) is 20.5 Å². The van der Waals surface area contributed by atoms with Gasteiger partial charge in [0.15, 0.2) is 0 Å². The van der Waals surface area contributed by atoms with Crippen LogP contribution in [0.1, 0.15) is 39.2 Å². The molecule has 0 radical (unpaired) electrons. The van der Waals surface area contributed by atoms with E-state index in [1.54, 1.807) is 27.0 Å². The fraction of sp³-hybridized carbons (Fsp3) is 0.519. The fourth-order valence-electron chi connectivity index (χ4n) is 4.24. The minimum atomic E-state index is -1.16. The molecule has 0 saturated carbocycles. The van der Waals surface area contributed by atoms with E-state index < -0.39 is 35.3 Å². The lowest BCUT2D eigenvalue weighted by molar-refractivity contribution is -0.159. The van der Waals surface area contributed by atoms with Crippen molar-refractivity contribution in [1.29, 1.82) is 0 Å². The first kappa shape index (κ1) is 29.7. The highest BCUT2D eigenvalue weighted by molar-refractivity contribution is 6.25. The Hall–Kier alpha value is -3.86. The number of ether oxygens (including phenoxy) is 2. The molecule has 3 rings (SSSR count). The van der Waals surface area contributed by atoms with Gasteiger partial charge in [0.2, 0.25) is 17.6 Å². The van der Waals surface area contributed by atoms with Gasteiger partial charge in [0.25, 0.3) is 0 Å². The van der Waals surface area contributed by atoms with Crippen LogP contribution in [0.5, 0.6) is 0 Å². The maximum absolute atomic E-state index is 13.6. The number of fused-ring (bicyclic) bond motifs is 1. The minimum Gasteiger partial charge on any atom is -0.458 e. The first-order valence-electron chi connectivity index (χ1n) is 12.9. The van der Waals surface area contributed by atoms with Crippen LogP contribution >= 0.6 is 0 Å². The van der Waals surface area contributed by atoms with E-state index in [-0.39, 0.29) is 31.7 Å². The number of carbonyl (C=O) groups is 4. The summed E-state index contributed by atoms with van der Waals surface area (Å²) >= 11 is 0. The Kier molecular flexibility index (Phi) is 10.5. The second-order valence-electron chi connectivity index (χ2n) is 10.4. The zero-order chi connectivity index (χ0) is 28.4. The number of H-pyrrole nitrogens is 1. The molecule has 0 bridgehead atoms. The van der Waals surface area contributed by atoms with Crippen LogP contribution < -0.4 is 10.6 Å². The van der Waals surface area contributed by atoms with Crippen molar-refractivity contribution in [3.63, 3.8) is 0 Å². The Balaban J connectivity index is 1.80. The summed E-state index contributed by atoms with van der Waals surface area (Å²) in [6.45, 7) is 7.47. The van der Waals surface area contributed by atoms with Crippen molar-refractivity contribution in [2.45, 2.75) is 57.7 Å². The molecule has 3 N–H and O–H groups in total. The van der Waals surface area contributed by atoms with E-state index in [4.69, 9.17) is 15.0 Å². The number of hydrogen-bond acceptors (Lipinski definition) is 7. The molecular formula is C27H36N6O6. The van der Waals surface area contributed by atoms with Crippen molar-refractivity contribution in [3.05, 3.63) is 41.6 Å². The number of nitrogens with zero attached hydrogens (tertiary/aromatic N) is 3. The lowest BCUT2D eigenvalue weighted by Gasteiger charge is -2.28. The predicted molar refractivity (Wildman–Crippen MR) is 143 cm³/mol. The van der Waals surface area contributed by atoms with Crippen LogP contribution in [0.15, 0.2) is 30.5 Å². The molecule has 1 aromatic heterocycles. The van der Waals surface area contributed by atoms with Gasteiger partial charge in [-0.25, -0.2) is 4.79 Å². The molecule has 1 aromatic carbocycles. The molecule has 0 unspecified atom stereocenters. The van der Waals surface area contributed by atoms with Crippen molar-refractivity contribution in [3.8, 4) is 0 Å². The number of aromatic nitrogens is 1. The molecule has 12 nitrogen and oxygen atoms in total. The number of amides is 2. The summed E-state index contributed by atoms with van der Waals surface area (Å²) in [6, 6.07) is 5.45. The summed E-state index contributed by atoms with van der Waals surface area (Å²) in [5.41, 5.74) is 9.50. The van der Waals surface area contributed by atoms with Crippen molar-refractivity contribution < 1.29 is 33.4 Å². The lowest BCUT2D eigenvalue weighted by atomic mass is 10.0. The molecule has 1 fully saturated rings. The topological polar surface area (TPSA) is 166 Å². The van der Waals surface area contributed by atoms with E-state index >= 15 is 0 Å². The second kappa shape index (κ2) is 13.8. The molecule has 2 heterocycles. The normalized spacial score (nSPS) is 15.6. The molecular weight excluding hydrogens is 504 g/mol. The largest absolute Gasteiger partial charge is 0.458 e. The third-order valence-electron chi connectivity index (χ3n) is 6.11. The van der Waals surface area contributed by atoms with Gasteiger partial charge in [0, 0.05) is 43.0 Å². The van der Waals surface area contributed by atoms with Crippen LogP contribution in [0.4, 0.5) is 0 Å². The molecule has 1 saturated heterocycles. The number of carbonyl (C=O) groups excluding carboxylic acids is 4. The minimum absolute atomic E-state index is 0.0764. The first-order valence-corrected chi connectivity index (χ1v) is 12.9. The second-order valence-corrected chi connectivity index (χ2v) is 10.4. The highest BCUT2D eigenvalue weighted by Gasteiger charge is 2.31. The highest BCUT2D eigenvalue weighted by Crippen LogP contribution is 2.19. The Morgan fingerprint density at radius 1 is 1.15 bits per heavy atom. The Morgan fingerprint density at radius 3 is 2.56 bits per heavy atom. The SMILES string of the molecule is CC(C)(C)OC(=O)[C@H](CCC(=O)C=[N+]=[N-])NC(=O)[C@H](Cc1c[nH]c2ccccc12)NC(=O)CN1CCOCC1. The molecule has 39 heavy (non-hydrogen) atoms. The Labute approximate surface area is 227 Å². The van der Waals surface area contributed by atoms with Crippen LogP contribution in [0.25, 0.3) is 16.4 Å². The maximum Gasteiger partial charge on any atom is 0.329 e. The van der Waals surface area contributed by atoms with Crippen LogP contribution in [0.3, 0.4) is 0 Å². The van der Waals surface area contributed by atoms with Gasteiger partial charge in [0.05, 0.1) is 19.8 Å². The summed E-state index contributed by atoms with van der Waals surface area (Å²) in [5.74, 6) is -2.15. The van der Waals surface area contributed by atoms with E-state index in [1.807, 2.05) is 29.2 Å². The number of para-hydroxylation sites is 1. The Bertz CT molecular complexity index is 1220. The zero-order valence-corrected chi connectivity index (χ0v) is 22.6. The highest BCUT2D eigenvalue weighted by atomic mass is 16.6. The number of benzene rings is 1. The number of morpholine rings is 1. The average molecular weight is 541 g/mol. The zero-order valence-electron chi connectivity index (χ0n) is 22.6. The van der Waals surface area contributed by atoms with Gasteiger partial charge >= 0.3 is 12.2 Å². The van der Waals surface area contributed by atoms with Gasteiger partial charge in [-0.05, 0) is 38.8 Å². The third kappa shape index (κ3) is 9.43. The molecule has 210 valence electrons. The standard InChI is InChI=1S/C27H36N6O6/c1-27(2,3)39-26(37)22(9-8-19(34)16-30-28)32-25(36)23(31-24(35)17-33-10-12-38-13-11-33)14-18-15-29-21-7-5-4-6-20(18)21/h4-7,15-16,22-23,29H,8-14,17H2,1-3H3,(H,31,35)(H,32,36)/t22-,23-/m0/s1. The fourth-order valence-corrected chi connectivity index (χ4v) is 4.24. The number of esters is 1. The molecule has 1 aliphatic rings. The number of nitrogens with one attached hydrogen (secondary N) is 3. The van der Waals surface area contributed by atoms with Crippen molar-refractivity contribution in [2.24, 2.45) is 0 Å². The number of ketones is 1. The van der Waals surface area contributed by atoms with Gasteiger partial charge < -0.3 is 30.6 Å². The van der Waals surface area contributed by atoms with Crippen LogP contribution in [0.2, 0.25) is 0 Å². The monoisotopic (exact) mass is 540 g/mol. The molecule has 2 amide bonds. The molecule has 2 aromatic rings. The number of aromatic amines is 1. The van der Waals surface area contributed by atoms with Gasteiger partial charge in [-0.2, -0.15) is 4.79 Å². The Morgan fingerprint density at radius 2 is 1.87 bits per heavy atom. The maximum atomic E-state index is 13.6. The van der Waals surface area contributed by atoms with Gasteiger partial charge in [-0.15, -0.1) is 0 Å². The van der Waals surface area contributed by atoms with Crippen molar-refractivity contribution in [2.75, 3.05) is 32.8 Å². The number of rotatable bonds is 12. The van der Waals surface area contributed by atoms with E-state index in [9.17, 15) is 19.2 Å². The van der Waals surface area contributed by atoms with E-state index in [2.05, 4.69) is 20.4 Å². The molecule has 12 heteroatoms. The average Bonchev–Trinajstić information content (AvgIpc) is 3.28. The summed E-state index contributed by atoms with van der Waals surface area (Å²) in [4.78, 5) is 59.2. The summed E-state index contributed by atoms with van der Waals surface area (Å²) in [7, 11) is 0. The predicted octanol–water partition coefficient (Wildman–Crippen LogP) is 1.00. The molecule has 0 spiro atoms. The molecule has 2 atom stereocenters. The third-order valence-corrected chi connectivity index (χ3v) is 6.11. The van der Waals surface area contributed by atoms with E-state index in [0.717, 1.165) is 22.7 Å². The summed E-state index contributed by atoms with van der Waals surface area (Å²) in [5, 5.41) is 6.41. The van der Waals surface area contributed by atoms with E-state index in [0.29, 0.717) is 26.3 Å². The molecule has 0 aliphatic carbocycles. The summed E-state index contributed by atoms with van der Waals surface area (Å²) in [6.07, 6.45) is 2.45. The van der Waals surface area contributed by atoms with E-state index in [1.165, 1.54) is 0 Å². The number of hydrogen-bond donors (Lipinski definition) is 3. The quantitative estimate of drug-likeness (QED) is 0.156. The van der Waals surface area contributed by atoms with Crippen molar-refractivity contribution >= 4 is 40.7 Å². The van der Waals surface area contributed by atoms with Gasteiger partial charge in [0.1, 0.15) is 17.7 Å². The smallest absolute Gasteiger partial charge is 0.329 e. The number of Topliss-reactive ketones (excluding diaryl/α,β-unsaturated/α-hetero) is 1. The molecule has 1 aliphatic heterocycles. The van der Waals surface area contributed by atoms with Crippen LogP contribution in [-0.2, 0) is 35.1 Å². The van der Waals surface area contributed by atoms with Crippen LogP contribution in [0, 0.1) is 0 Å². The van der Waals surface area contributed by atoms with Gasteiger partial charge in [-0.1, -0.05) is 18.2 Å². The summed E-state index contributed by atoms with van der Waals surface area (Å²) < 4.78 is 10.8. The lowest BCUT2D eigenvalue weighted by Crippen LogP contribution is -2.55. The van der Waals surface area contributed by atoms with Gasteiger partial charge in [-0.3, -0.25) is 19.3 Å². The van der Waals surface area contributed by atoms with Crippen LogP contribution in [-0.4, -0.2) is 95.0 Å². The first-order chi connectivity index (χ1) is 18.6.